The molecule has 0 saturated heterocycles. The van der Waals surface area contributed by atoms with Crippen LogP contribution in [-0.4, -0.2) is 24.3 Å². The fourth-order valence-electron chi connectivity index (χ4n) is 1.94. The van der Waals surface area contributed by atoms with E-state index in [9.17, 15) is 13.6 Å². The Morgan fingerprint density at radius 1 is 1.25 bits per heavy atom. The lowest BCUT2D eigenvalue weighted by atomic mass is 10.1. The second-order valence-corrected chi connectivity index (χ2v) is 4.73. The van der Waals surface area contributed by atoms with E-state index in [2.05, 4.69) is 0 Å². The first-order valence-electron chi connectivity index (χ1n) is 6.18. The number of likely N-dealkylation sites (N-methyl/N-ethyl adjacent to an activating group) is 1. The van der Waals surface area contributed by atoms with Gasteiger partial charge in [0.15, 0.2) is 5.78 Å². The number of aryl methyl sites for hydroxylation is 1. The summed E-state index contributed by atoms with van der Waals surface area (Å²) in [6, 6.07) is 6.62. The Bertz CT molecular complexity index is 622. The minimum Gasteiger partial charge on any atom is -0.465 e. The smallest absolute Gasteiger partial charge is 0.179 e. The number of furan rings is 1. The quantitative estimate of drug-likeness (QED) is 0.788. The molecular weight excluding hydrogens is 264 g/mol. The largest absolute Gasteiger partial charge is 0.465 e. The van der Waals surface area contributed by atoms with Crippen LogP contribution in [0.3, 0.4) is 0 Å². The standard InChI is InChI=1S/C15H15F2NO2/c1-10-3-5-12(20-10)8-18(2)9-15(19)13-6-4-11(16)7-14(13)17/h3-7H,8-9H2,1-2H3. The number of carbonyl (C=O) groups excluding carboxylic acids is 1. The normalized spacial score (nSPS) is 11.1. The van der Waals surface area contributed by atoms with Crippen molar-refractivity contribution in [2.24, 2.45) is 0 Å². The third-order valence-corrected chi connectivity index (χ3v) is 2.87. The van der Waals surface area contributed by atoms with Crippen LogP contribution in [0.5, 0.6) is 0 Å². The molecule has 1 aromatic carbocycles. The highest BCUT2D eigenvalue weighted by molar-refractivity contribution is 5.97. The summed E-state index contributed by atoms with van der Waals surface area (Å²) < 4.78 is 31.7. The van der Waals surface area contributed by atoms with Crippen molar-refractivity contribution in [1.29, 1.82) is 0 Å². The summed E-state index contributed by atoms with van der Waals surface area (Å²) in [5, 5.41) is 0. The number of nitrogens with zero attached hydrogens (tertiary/aromatic N) is 1. The van der Waals surface area contributed by atoms with Gasteiger partial charge < -0.3 is 4.42 Å². The van der Waals surface area contributed by atoms with E-state index in [1.54, 1.807) is 11.9 Å². The molecule has 0 amide bonds. The van der Waals surface area contributed by atoms with Crippen LogP contribution in [0.15, 0.2) is 34.7 Å². The number of hydrogen-bond donors (Lipinski definition) is 0. The van der Waals surface area contributed by atoms with E-state index in [1.807, 2.05) is 19.1 Å². The van der Waals surface area contributed by atoms with Crippen LogP contribution in [0.25, 0.3) is 0 Å². The first kappa shape index (κ1) is 14.4. The summed E-state index contributed by atoms with van der Waals surface area (Å²) in [6.45, 7) is 2.31. The maximum absolute atomic E-state index is 13.5. The Labute approximate surface area is 115 Å². The average Bonchev–Trinajstić information content (AvgIpc) is 2.74. The number of hydrogen-bond acceptors (Lipinski definition) is 3. The van der Waals surface area contributed by atoms with Crippen molar-refractivity contribution in [3.05, 3.63) is 59.1 Å². The van der Waals surface area contributed by atoms with E-state index < -0.39 is 17.4 Å². The zero-order valence-corrected chi connectivity index (χ0v) is 11.3. The molecule has 0 aliphatic heterocycles. The highest BCUT2D eigenvalue weighted by Gasteiger charge is 2.15. The van der Waals surface area contributed by atoms with Crippen LogP contribution in [0.2, 0.25) is 0 Å². The zero-order chi connectivity index (χ0) is 14.7. The molecular formula is C15H15F2NO2. The van der Waals surface area contributed by atoms with E-state index in [1.165, 1.54) is 0 Å². The van der Waals surface area contributed by atoms with Gasteiger partial charge >= 0.3 is 0 Å². The molecule has 0 bridgehead atoms. The van der Waals surface area contributed by atoms with Crippen molar-refractivity contribution >= 4 is 5.78 Å². The van der Waals surface area contributed by atoms with Gasteiger partial charge in [-0.25, -0.2) is 8.78 Å². The highest BCUT2D eigenvalue weighted by Crippen LogP contribution is 2.12. The van der Waals surface area contributed by atoms with Gasteiger partial charge in [0.1, 0.15) is 23.2 Å². The maximum atomic E-state index is 13.5. The molecule has 106 valence electrons. The first-order valence-corrected chi connectivity index (χ1v) is 6.18. The van der Waals surface area contributed by atoms with Crippen molar-refractivity contribution in [2.75, 3.05) is 13.6 Å². The van der Waals surface area contributed by atoms with Crippen molar-refractivity contribution in [1.82, 2.24) is 4.90 Å². The van der Waals surface area contributed by atoms with Gasteiger partial charge in [-0.2, -0.15) is 0 Å². The Morgan fingerprint density at radius 2 is 2.00 bits per heavy atom. The molecule has 0 unspecified atom stereocenters. The molecule has 1 heterocycles. The van der Waals surface area contributed by atoms with Crippen molar-refractivity contribution in [3.63, 3.8) is 0 Å². The second-order valence-electron chi connectivity index (χ2n) is 4.73. The minimum absolute atomic E-state index is 0.0301. The number of ketones is 1. The molecule has 20 heavy (non-hydrogen) atoms. The lowest BCUT2D eigenvalue weighted by Crippen LogP contribution is -2.26. The Hall–Kier alpha value is -2.01. The van der Waals surface area contributed by atoms with Gasteiger partial charge in [0.2, 0.25) is 0 Å². The number of benzene rings is 1. The summed E-state index contributed by atoms with van der Waals surface area (Å²) in [5.41, 5.74) is -0.103. The lowest BCUT2D eigenvalue weighted by Gasteiger charge is -2.14. The molecule has 0 aliphatic carbocycles. The van der Waals surface area contributed by atoms with E-state index in [4.69, 9.17) is 4.42 Å². The van der Waals surface area contributed by atoms with Gasteiger partial charge in [0.25, 0.3) is 0 Å². The van der Waals surface area contributed by atoms with E-state index in [0.717, 1.165) is 23.7 Å². The van der Waals surface area contributed by atoms with Crippen molar-refractivity contribution < 1.29 is 18.0 Å². The fourth-order valence-corrected chi connectivity index (χ4v) is 1.94. The monoisotopic (exact) mass is 279 g/mol. The third-order valence-electron chi connectivity index (χ3n) is 2.87. The number of rotatable bonds is 5. The molecule has 0 atom stereocenters. The molecule has 2 rings (SSSR count). The van der Waals surface area contributed by atoms with Crippen LogP contribution >= 0.6 is 0 Å². The molecule has 0 spiro atoms. The molecule has 0 saturated carbocycles. The van der Waals surface area contributed by atoms with E-state index >= 15 is 0 Å². The molecule has 3 nitrogen and oxygen atoms in total. The number of Topliss-reactive ketones (excluding diaryl/α,β-unsaturated/α-hetero) is 1. The average molecular weight is 279 g/mol. The first-order chi connectivity index (χ1) is 9.45. The van der Waals surface area contributed by atoms with Crippen LogP contribution in [0.1, 0.15) is 21.9 Å². The summed E-state index contributed by atoms with van der Waals surface area (Å²) in [7, 11) is 1.73. The number of carbonyl (C=O) groups is 1. The predicted octanol–water partition coefficient (Wildman–Crippen LogP) is 3.18. The van der Waals surface area contributed by atoms with Gasteiger partial charge in [-0.05, 0) is 38.2 Å². The molecule has 0 fully saturated rings. The van der Waals surface area contributed by atoms with Gasteiger partial charge in [-0.1, -0.05) is 0 Å². The minimum atomic E-state index is -0.836. The van der Waals surface area contributed by atoms with Crippen LogP contribution in [-0.2, 0) is 6.54 Å². The second kappa shape index (κ2) is 5.96. The maximum Gasteiger partial charge on any atom is 0.179 e. The van der Waals surface area contributed by atoms with Gasteiger partial charge in [-0.3, -0.25) is 9.69 Å². The molecule has 0 aliphatic rings. The molecule has 1 aromatic heterocycles. The van der Waals surface area contributed by atoms with E-state index in [-0.39, 0.29) is 12.1 Å². The van der Waals surface area contributed by atoms with Crippen molar-refractivity contribution in [3.8, 4) is 0 Å². The van der Waals surface area contributed by atoms with Crippen molar-refractivity contribution in [2.45, 2.75) is 13.5 Å². The summed E-state index contributed by atoms with van der Waals surface area (Å²) >= 11 is 0. The fraction of sp³-hybridized carbons (Fsp3) is 0.267. The van der Waals surface area contributed by atoms with Crippen LogP contribution < -0.4 is 0 Å². The molecule has 0 N–H and O–H groups in total. The Kier molecular flexibility index (Phi) is 4.29. The van der Waals surface area contributed by atoms with Gasteiger partial charge in [-0.15, -0.1) is 0 Å². The highest BCUT2D eigenvalue weighted by atomic mass is 19.1. The van der Waals surface area contributed by atoms with Gasteiger partial charge in [0.05, 0.1) is 18.7 Å². The Balaban J connectivity index is 2.00. The number of halogens is 2. The lowest BCUT2D eigenvalue weighted by molar-refractivity contribution is 0.0935. The zero-order valence-electron chi connectivity index (χ0n) is 11.3. The predicted molar refractivity (Wildman–Crippen MR) is 70.5 cm³/mol. The summed E-state index contributed by atoms with van der Waals surface area (Å²) in [5.74, 6) is -0.398. The Morgan fingerprint density at radius 3 is 2.60 bits per heavy atom. The summed E-state index contributed by atoms with van der Waals surface area (Å²) in [4.78, 5) is 13.7. The van der Waals surface area contributed by atoms with Crippen LogP contribution in [0, 0.1) is 18.6 Å². The molecule has 2 aromatic rings. The summed E-state index contributed by atoms with van der Waals surface area (Å²) in [6.07, 6.45) is 0. The molecule has 5 heteroatoms. The molecule has 0 radical (unpaired) electrons. The topological polar surface area (TPSA) is 33.5 Å². The SMILES string of the molecule is Cc1ccc(CN(C)CC(=O)c2ccc(F)cc2F)o1. The van der Waals surface area contributed by atoms with E-state index in [0.29, 0.717) is 12.6 Å². The van der Waals surface area contributed by atoms with Gasteiger partial charge in [0, 0.05) is 6.07 Å². The van der Waals surface area contributed by atoms with Crippen LogP contribution in [0.4, 0.5) is 8.78 Å². The third kappa shape index (κ3) is 3.51.